The van der Waals surface area contributed by atoms with E-state index in [-0.39, 0.29) is 6.04 Å². The largest absolute Gasteiger partial charge is 0.464 e. The number of rotatable bonds is 7. The molecule has 1 unspecified atom stereocenters. The first-order valence-corrected chi connectivity index (χ1v) is 7.02. The molecule has 2 rings (SSSR count). The number of aryl methyl sites for hydroxylation is 2. The van der Waals surface area contributed by atoms with Gasteiger partial charge < -0.3 is 9.73 Å². The van der Waals surface area contributed by atoms with Crippen LogP contribution in [0.15, 0.2) is 28.9 Å². The number of nitrogens with one attached hydrogen (secondary N) is 1. The van der Waals surface area contributed by atoms with Crippen LogP contribution in [-0.4, -0.2) is 16.3 Å². The summed E-state index contributed by atoms with van der Waals surface area (Å²) in [6, 6.07) is 4.38. The molecule has 2 heterocycles. The molecule has 0 saturated heterocycles. The summed E-state index contributed by atoms with van der Waals surface area (Å²) in [6.45, 7) is 5.28. The van der Waals surface area contributed by atoms with Gasteiger partial charge in [0, 0.05) is 19.7 Å². The summed E-state index contributed by atoms with van der Waals surface area (Å²) in [5.41, 5.74) is 1.23. The van der Waals surface area contributed by atoms with Gasteiger partial charge in [-0.25, -0.2) is 0 Å². The number of furan rings is 1. The minimum atomic E-state index is 0.226. The van der Waals surface area contributed by atoms with Gasteiger partial charge in [0.2, 0.25) is 0 Å². The summed E-state index contributed by atoms with van der Waals surface area (Å²) in [7, 11) is 1.94. The maximum atomic E-state index is 5.88. The molecule has 4 heteroatoms. The van der Waals surface area contributed by atoms with Crippen LogP contribution >= 0.6 is 0 Å². The molecule has 2 aromatic rings. The van der Waals surface area contributed by atoms with Crippen LogP contribution in [0.5, 0.6) is 0 Å². The highest BCUT2D eigenvalue weighted by atomic mass is 16.3. The molecule has 1 N–H and O–H groups in total. The van der Waals surface area contributed by atoms with Gasteiger partial charge in [-0.3, -0.25) is 4.68 Å². The monoisotopic (exact) mass is 261 g/mol. The molecule has 0 spiro atoms. The van der Waals surface area contributed by atoms with Crippen molar-refractivity contribution in [1.29, 1.82) is 0 Å². The summed E-state index contributed by atoms with van der Waals surface area (Å²) in [5.74, 6) is 2.07. The van der Waals surface area contributed by atoms with E-state index in [9.17, 15) is 0 Å². The molecule has 0 amide bonds. The summed E-state index contributed by atoms with van der Waals surface area (Å²) >= 11 is 0. The molecule has 0 bridgehead atoms. The highest BCUT2D eigenvalue weighted by molar-refractivity contribution is 5.15. The standard InChI is InChI=1S/C15H23N3O/c1-4-8-16-14(9-12-10-17-18(3)11-12)15-7-6-13(5-2)19-15/h6-7,10-11,14,16H,4-5,8-9H2,1-3H3. The Morgan fingerprint density at radius 1 is 1.37 bits per heavy atom. The van der Waals surface area contributed by atoms with Crippen molar-refractivity contribution in [2.24, 2.45) is 7.05 Å². The van der Waals surface area contributed by atoms with E-state index in [1.807, 2.05) is 17.9 Å². The predicted octanol–water partition coefficient (Wildman–Crippen LogP) is 2.86. The van der Waals surface area contributed by atoms with Crippen molar-refractivity contribution in [1.82, 2.24) is 15.1 Å². The molecule has 19 heavy (non-hydrogen) atoms. The molecule has 0 aliphatic rings. The Bertz CT molecular complexity index is 501. The van der Waals surface area contributed by atoms with E-state index in [0.29, 0.717) is 0 Å². The third-order valence-electron chi connectivity index (χ3n) is 3.21. The third-order valence-corrected chi connectivity index (χ3v) is 3.21. The molecule has 1 atom stereocenters. The van der Waals surface area contributed by atoms with Gasteiger partial charge in [0.05, 0.1) is 12.2 Å². The third kappa shape index (κ3) is 3.70. The first-order valence-electron chi connectivity index (χ1n) is 7.02. The minimum Gasteiger partial charge on any atom is -0.464 e. The van der Waals surface area contributed by atoms with E-state index in [0.717, 1.165) is 37.3 Å². The molecule has 0 radical (unpaired) electrons. The van der Waals surface area contributed by atoms with Crippen LogP contribution in [0.4, 0.5) is 0 Å². The number of hydrogen-bond acceptors (Lipinski definition) is 3. The molecule has 2 aromatic heterocycles. The van der Waals surface area contributed by atoms with E-state index in [1.165, 1.54) is 5.56 Å². The molecule has 0 fully saturated rings. The van der Waals surface area contributed by atoms with Gasteiger partial charge in [-0.05, 0) is 37.1 Å². The van der Waals surface area contributed by atoms with Crippen molar-refractivity contribution in [3.63, 3.8) is 0 Å². The zero-order valence-corrected chi connectivity index (χ0v) is 12.0. The van der Waals surface area contributed by atoms with Gasteiger partial charge in [0.25, 0.3) is 0 Å². The quantitative estimate of drug-likeness (QED) is 0.833. The molecular formula is C15H23N3O. The Labute approximate surface area is 114 Å². The Kier molecular flexibility index (Phi) is 4.80. The van der Waals surface area contributed by atoms with Crippen molar-refractivity contribution in [3.8, 4) is 0 Å². The summed E-state index contributed by atoms with van der Waals surface area (Å²) in [5, 5.41) is 7.77. The topological polar surface area (TPSA) is 43.0 Å². The van der Waals surface area contributed by atoms with E-state index >= 15 is 0 Å². The number of hydrogen-bond donors (Lipinski definition) is 1. The average Bonchev–Trinajstić information content (AvgIpc) is 3.03. The van der Waals surface area contributed by atoms with Crippen molar-refractivity contribution in [2.75, 3.05) is 6.54 Å². The number of aromatic nitrogens is 2. The van der Waals surface area contributed by atoms with E-state index in [1.54, 1.807) is 0 Å². The maximum Gasteiger partial charge on any atom is 0.121 e. The lowest BCUT2D eigenvalue weighted by Crippen LogP contribution is -2.23. The molecule has 0 aliphatic heterocycles. The van der Waals surface area contributed by atoms with Gasteiger partial charge in [-0.1, -0.05) is 13.8 Å². The second kappa shape index (κ2) is 6.57. The zero-order chi connectivity index (χ0) is 13.7. The smallest absolute Gasteiger partial charge is 0.121 e. The Hall–Kier alpha value is -1.55. The molecule has 4 nitrogen and oxygen atoms in total. The highest BCUT2D eigenvalue weighted by Crippen LogP contribution is 2.21. The van der Waals surface area contributed by atoms with Crippen LogP contribution in [0.2, 0.25) is 0 Å². The van der Waals surface area contributed by atoms with Gasteiger partial charge in [-0.2, -0.15) is 5.10 Å². The highest BCUT2D eigenvalue weighted by Gasteiger charge is 2.16. The molecule has 0 aliphatic carbocycles. The van der Waals surface area contributed by atoms with E-state index in [4.69, 9.17) is 4.42 Å². The van der Waals surface area contributed by atoms with Crippen molar-refractivity contribution >= 4 is 0 Å². The van der Waals surface area contributed by atoms with Crippen LogP contribution in [0.3, 0.4) is 0 Å². The Morgan fingerprint density at radius 3 is 2.79 bits per heavy atom. The molecular weight excluding hydrogens is 238 g/mol. The summed E-state index contributed by atoms with van der Waals surface area (Å²) < 4.78 is 7.72. The second-order valence-electron chi connectivity index (χ2n) is 4.89. The van der Waals surface area contributed by atoms with E-state index in [2.05, 4.69) is 42.6 Å². The van der Waals surface area contributed by atoms with Gasteiger partial charge in [0.15, 0.2) is 0 Å². The normalized spacial score (nSPS) is 12.8. The van der Waals surface area contributed by atoms with Crippen molar-refractivity contribution in [2.45, 2.75) is 39.2 Å². The van der Waals surface area contributed by atoms with E-state index < -0.39 is 0 Å². The fourth-order valence-electron chi connectivity index (χ4n) is 2.18. The maximum absolute atomic E-state index is 5.88. The average molecular weight is 261 g/mol. The fourth-order valence-corrected chi connectivity index (χ4v) is 2.18. The van der Waals surface area contributed by atoms with Crippen LogP contribution < -0.4 is 5.32 Å². The Morgan fingerprint density at radius 2 is 2.21 bits per heavy atom. The van der Waals surface area contributed by atoms with Crippen LogP contribution in [0.25, 0.3) is 0 Å². The molecule has 0 saturated carbocycles. The lowest BCUT2D eigenvalue weighted by molar-refractivity contribution is 0.392. The van der Waals surface area contributed by atoms with Gasteiger partial charge in [-0.15, -0.1) is 0 Å². The zero-order valence-electron chi connectivity index (χ0n) is 12.0. The van der Waals surface area contributed by atoms with Crippen LogP contribution in [-0.2, 0) is 19.9 Å². The summed E-state index contributed by atoms with van der Waals surface area (Å²) in [6.07, 6.45) is 6.94. The van der Waals surface area contributed by atoms with Crippen molar-refractivity contribution in [3.05, 3.63) is 41.6 Å². The summed E-state index contributed by atoms with van der Waals surface area (Å²) in [4.78, 5) is 0. The van der Waals surface area contributed by atoms with Crippen LogP contribution in [0, 0.1) is 0 Å². The molecule has 0 aromatic carbocycles. The molecule has 104 valence electrons. The lowest BCUT2D eigenvalue weighted by Gasteiger charge is -2.15. The predicted molar refractivity (Wildman–Crippen MR) is 76.0 cm³/mol. The van der Waals surface area contributed by atoms with Gasteiger partial charge >= 0.3 is 0 Å². The minimum absolute atomic E-state index is 0.226. The Balaban J connectivity index is 2.10. The van der Waals surface area contributed by atoms with Gasteiger partial charge in [0.1, 0.15) is 11.5 Å². The first kappa shape index (κ1) is 13.9. The lowest BCUT2D eigenvalue weighted by atomic mass is 10.1. The second-order valence-corrected chi connectivity index (χ2v) is 4.89. The van der Waals surface area contributed by atoms with Crippen molar-refractivity contribution < 1.29 is 4.42 Å². The number of nitrogens with zero attached hydrogens (tertiary/aromatic N) is 2. The van der Waals surface area contributed by atoms with Crippen LogP contribution in [0.1, 0.15) is 43.4 Å². The fraction of sp³-hybridized carbons (Fsp3) is 0.533. The SMILES string of the molecule is CCCNC(Cc1cnn(C)c1)c1ccc(CC)o1. The first-order chi connectivity index (χ1) is 9.22.